The van der Waals surface area contributed by atoms with Gasteiger partial charge in [-0.1, -0.05) is 6.92 Å². The van der Waals surface area contributed by atoms with Crippen LogP contribution in [-0.4, -0.2) is 5.60 Å². The Bertz CT molecular complexity index is 224. The van der Waals surface area contributed by atoms with Crippen LogP contribution in [-0.2, 0) is 4.94 Å². The lowest BCUT2D eigenvalue weighted by Gasteiger charge is -2.59. The first-order valence-electron chi connectivity index (χ1n) is 5.43. The molecule has 0 N–H and O–H groups in total. The Morgan fingerprint density at radius 3 is 2.23 bits per heavy atom. The monoisotopic (exact) mass is 184 g/mol. The van der Waals surface area contributed by atoms with E-state index in [1.807, 2.05) is 0 Å². The van der Waals surface area contributed by atoms with E-state index in [0.29, 0.717) is 5.41 Å². The van der Waals surface area contributed by atoms with E-state index in [-0.39, 0.29) is 5.60 Å². The van der Waals surface area contributed by atoms with Crippen molar-refractivity contribution in [2.45, 2.75) is 51.0 Å². The van der Waals surface area contributed by atoms with E-state index in [1.54, 1.807) is 0 Å². The Labute approximate surface area is 78.6 Å². The molecule has 4 rings (SSSR count). The highest BCUT2D eigenvalue weighted by atomic mass is 19.3. The molecule has 13 heavy (non-hydrogen) atoms. The maximum Gasteiger partial charge on any atom is 0.110 e. The Morgan fingerprint density at radius 1 is 1.15 bits per heavy atom. The normalized spacial score (nSPS) is 58.6. The predicted molar refractivity (Wildman–Crippen MR) is 47.7 cm³/mol. The summed E-state index contributed by atoms with van der Waals surface area (Å²) in [6, 6.07) is 0. The molecule has 4 aliphatic rings. The van der Waals surface area contributed by atoms with E-state index in [2.05, 4.69) is 11.9 Å². The molecule has 1 nitrogen and oxygen atoms in total. The van der Waals surface area contributed by atoms with Crippen LogP contribution >= 0.6 is 0 Å². The molecule has 0 saturated heterocycles. The SMILES string of the molecule is CC12CC3CC(C1)CC(OF)(C3)C2. The fraction of sp³-hybridized carbons (Fsp3) is 1.00. The van der Waals surface area contributed by atoms with Crippen molar-refractivity contribution in [2.24, 2.45) is 17.3 Å². The van der Waals surface area contributed by atoms with Gasteiger partial charge in [0, 0.05) is 0 Å². The highest BCUT2D eigenvalue weighted by Gasteiger charge is 2.57. The maximum atomic E-state index is 12.6. The van der Waals surface area contributed by atoms with Gasteiger partial charge in [0.2, 0.25) is 0 Å². The lowest BCUT2D eigenvalue weighted by molar-refractivity contribution is -0.297. The molecular weight excluding hydrogens is 167 g/mol. The summed E-state index contributed by atoms with van der Waals surface area (Å²) >= 11 is 0. The van der Waals surface area contributed by atoms with Crippen LogP contribution in [0.2, 0.25) is 0 Å². The van der Waals surface area contributed by atoms with Crippen LogP contribution in [0.25, 0.3) is 0 Å². The quantitative estimate of drug-likeness (QED) is 0.608. The lowest BCUT2D eigenvalue weighted by Crippen LogP contribution is -2.55. The van der Waals surface area contributed by atoms with Gasteiger partial charge in [-0.2, -0.15) is 4.94 Å². The van der Waals surface area contributed by atoms with Gasteiger partial charge in [0.15, 0.2) is 0 Å². The number of halogens is 1. The molecule has 4 saturated carbocycles. The molecule has 0 aromatic rings. The largest absolute Gasteiger partial charge is 0.187 e. The van der Waals surface area contributed by atoms with Gasteiger partial charge in [0.25, 0.3) is 0 Å². The Morgan fingerprint density at radius 2 is 1.77 bits per heavy atom. The first kappa shape index (κ1) is 8.22. The molecule has 2 heteroatoms. The van der Waals surface area contributed by atoms with Crippen molar-refractivity contribution in [3.05, 3.63) is 0 Å². The maximum absolute atomic E-state index is 12.6. The van der Waals surface area contributed by atoms with Crippen LogP contribution in [0, 0.1) is 17.3 Å². The average Bonchev–Trinajstić information content (AvgIpc) is 1.99. The second-order valence-corrected chi connectivity index (χ2v) is 6.03. The molecule has 4 aliphatic carbocycles. The summed E-state index contributed by atoms with van der Waals surface area (Å²) in [5.41, 5.74) is 0.0367. The van der Waals surface area contributed by atoms with E-state index in [1.165, 1.54) is 19.3 Å². The van der Waals surface area contributed by atoms with E-state index >= 15 is 0 Å². The van der Waals surface area contributed by atoms with E-state index in [9.17, 15) is 4.53 Å². The van der Waals surface area contributed by atoms with Gasteiger partial charge >= 0.3 is 0 Å². The molecule has 0 amide bonds. The molecule has 0 aromatic heterocycles. The smallest absolute Gasteiger partial charge is 0.110 e. The van der Waals surface area contributed by atoms with Gasteiger partial charge in [-0.15, -0.1) is 0 Å². The minimum absolute atomic E-state index is 0.362. The molecule has 0 aromatic carbocycles. The summed E-state index contributed by atoms with van der Waals surface area (Å²) in [5, 5.41) is 0. The summed E-state index contributed by atoms with van der Waals surface area (Å²) in [6.07, 6.45) is 6.89. The zero-order valence-corrected chi connectivity index (χ0v) is 8.18. The van der Waals surface area contributed by atoms with Gasteiger partial charge in [-0.25, -0.2) is 0 Å². The molecule has 0 heterocycles. The minimum Gasteiger partial charge on any atom is -0.187 e. The summed E-state index contributed by atoms with van der Waals surface area (Å²) in [6.45, 7) is 2.32. The van der Waals surface area contributed by atoms with Crippen LogP contribution < -0.4 is 0 Å². The average molecular weight is 184 g/mol. The first-order chi connectivity index (χ1) is 6.13. The minimum atomic E-state index is -0.362. The van der Waals surface area contributed by atoms with Gasteiger partial charge in [-0.3, -0.25) is 0 Å². The van der Waals surface area contributed by atoms with Gasteiger partial charge < -0.3 is 0 Å². The van der Waals surface area contributed by atoms with Gasteiger partial charge in [0.1, 0.15) is 5.60 Å². The summed E-state index contributed by atoms with van der Waals surface area (Å²) in [4.78, 5) is 4.32. The number of hydrogen-bond donors (Lipinski definition) is 0. The van der Waals surface area contributed by atoms with Crippen LogP contribution in [0.4, 0.5) is 4.53 Å². The topological polar surface area (TPSA) is 9.23 Å². The van der Waals surface area contributed by atoms with E-state index < -0.39 is 0 Å². The molecule has 4 bridgehead atoms. The Kier molecular flexibility index (Phi) is 1.44. The highest BCUT2D eigenvalue weighted by Crippen LogP contribution is 2.62. The van der Waals surface area contributed by atoms with Crippen molar-refractivity contribution >= 4 is 0 Å². The number of rotatable bonds is 1. The Hall–Kier alpha value is -0.110. The molecular formula is C11H17FO. The fourth-order valence-electron chi connectivity index (χ4n) is 4.72. The third-order valence-corrected chi connectivity index (χ3v) is 4.46. The Balaban J connectivity index is 1.95. The highest BCUT2D eigenvalue weighted by molar-refractivity contribution is 5.07. The van der Waals surface area contributed by atoms with Crippen molar-refractivity contribution in [1.82, 2.24) is 0 Å². The predicted octanol–water partition coefficient (Wildman–Crippen LogP) is 3.25. The second-order valence-electron chi connectivity index (χ2n) is 6.03. The van der Waals surface area contributed by atoms with E-state index in [4.69, 9.17) is 0 Å². The van der Waals surface area contributed by atoms with Crippen LogP contribution in [0.3, 0.4) is 0 Å². The van der Waals surface area contributed by atoms with Crippen molar-refractivity contribution in [3.8, 4) is 0 Å². The van der Waals surface area contributed by atoms with Gasteiger partial charge in [-0.05, 0) is 60.3 Å². The molecule has 0 aliphatic heterocycles. The summed E-state index contributed by atoms with van der Waals surface area (Å²) < 4.78 is 12.6. The van der Waals surface area contributed by atoms with Crippen molar-refractivity contribution < 1.29 is 9.47 Å². The molecule has 0 spiro atoms. The van der Waals surface area contributed by atoms with Crippen molar-refractivity contribution in [3.63, 3.8) is 0 Å². The van der Waals surface area contributed by atoms with Crippen molar-refractivity contribution in [1.29, 1.82) is 0 Å². The lowest BCUT2D eigenvalue weighted by atomic mass is 9.48. The van der Waals surface area contributed by atoms with Crippen LogP contribution in [0.1, 0.15) is 45.4 Å². The molecule has 4 fully saturated rings. The van der Waals surface area contributed by atoms with E-state index in [0.717, 1.165) is 31.1 Å². The standard InChI is InChI=1S/C11H17FO/c1-10-3-8-2-9(4-10)6-11(5-8,7-10)13-12/h8-9H,2-7H2,1H3. The first-order valence-corrected chi connectivity index (χ1v) is 5.43. The van der Waals surface area contributed by atoms with Crippen LogP contribution in [0.15, 0.2) is 0 Å². The van der Waals surface area contributed by atoms with Crippen LogP contribution in [0.5, 0.6) is 0 Å². The molecule has 2 unspecified atom stereocenters. The molecule has 2 atom stereocenters. The summed E-state index contributed by atoms with van der Waals surface area (Å²) in [7, 11) is 0. The summed E-state index contributed by atoms with van der Waals surface area (Å²) in [5.74, 6) is 1.50. The van der Waals surface area contributed by atoms with Gasteiger partial charge in [0.05, 0.1) is 0 Å². The number of hydrogen-bond acceptors (Lipinski definition) is 1. The molecule has 0 radical (unpaired) electrons. The second kappa shape index (κ2) is 2.28. The van der Waals surface area contributed by atoms with Crippen molar-refractivity contribution in [2.75, 3.05) is 0 Å². The third-order valence-electron chi connectivity index (χ3n) is 4.46. The fourth-order valence-corrected chi connectivity index (χ4v) is 4.72. The zero-order valence-electron chi connectivity index (χ0n) is 8.18. The third kappa shape index (κ3) is 1.08. The zero-order chi connectivity index (χ0) is 9.10. The molecule has 74 valence electrons.